The van der Waals surface area contributed by atoms with Gasteiger partial charge >= 0.3 is 0 Å². The van der Waals surface area contributed by atoms with Crippen LogP contribution in [0.3, 0.4) is 0 Å². The van der Waals surface area contributed by atoms with Gasteiger partial charge in [0, 0.05) is 0 Å². The van der Waals surface area contributed by atoms with E-state index in [2.05, 4.69) is 33.8 Å². The molecule has 86 valence electrons. The van der Waals surface area contributed by atoms with Gasteiger partial charge in [-0.1, -0.05) is 52.2 Å². The van der Waals surface area contributed by atoms with E-state index in [1.54, 1.807) is 5.57 Å². The van der Waals surface area contributed by atoms with Crippen molar-refractivity contribution in [3.8, 4) is 0 Å². The molecule has 0 radical (unpaired) electrons. The van der Waals surface area contributed by atoms with Gasteiger partial charge in [0.15, 0.2) is 0 Å². The molecule has 1 saturated carbocycles. The van der Waals surface area contributed by atoms with Crippen molar-refractivity contribution in [2.24, 2.45) is 16.7 Å². The van der Waals surface area contributed by atoms with Crippen LogP contribution in [-0.2, 0) is 0 Å². The molecule has 0 saturated heterocycles. The second-order valence-electron chi connectivity index (χ2n) is 6.35. The lowest BCUT2D eigenvalue weighted by molar-refractivity contribution is 0.167. The Morgan fingerprint density at radius 3 is 2.47 bits per heavy atom. The molecular weight excluding hydrogens is 180 g/mol. The first-order valence-electron chi connectivity index (χ1n) is 6.73. The number of fused-ring (bicyclic) bond motifs is 2. The average molecular weight is 206 g/mol. The van der Waals surface area contributed by atoms with Crippen LogP contribution in [-0.4, -0.2) is 0 Å². The molecule has 1 fully saturated rings. The van der Waals surface area contributed by atoms with Crippen molar-refractivity contribution < 1.29 is 0 Å². The molecule has 0 aromatic rings. The Balaban J connectivity index is 2.06. The molecule has 2 rings (SSSR count). The van der Waals surface area contributed by atoms with Crippen molar-refractivity contribution in [2.75, 3.05) is 0 Å². The number of hydrogen-bond donors (Lipinski definition) is 0. The Bertz CT molecular complexity index is 272. The molecule has 2 unspecified atom stereocenters. The van der Waals surface area contributed by atoms with Gasteiger partial charge in [-0.25, -0.2) is 0 Å². The molecule has 0 spiro atoms. The molecule has 0 aromatic heterocycles. The Morgan fingerprint density at radius 1 is 1.27 bits per heavy atom. The second-order valence-corrected chi connectivity index (χ2v) is 6.35. The van der Waals surface area contributed by atoms with E-state index in [0.717, 1.165) is 5.92 Å². The molecular formula is C15H26. The molecule has 15 heavy (non-hydrogen) atoms. The third kappa shape index (κ3) is 1.48. The molecule has 0 amide bonds. The number of unbranched alkanes of at least 4 members (excludes halogenated alkanes) is 2. The predicted octanol–water partition coefficient (Wildman–Crippen LogP) is 4.95. The van der Waals surface area contributed by atoms with Crippen LogP contribution in [0.5, 0.6) is 0 Å². The van der Waals surface area contributed by atoms with Crippen LogP contribution in [0.2, 0.25) is 0 Å². The second kappa shape index (κ2) is 3.64. The minimum atomic E-state index is 0.533. The van der Waals surface area contributed by atoms with Gasteiger partial charge in [-0.2, -0.15) is 0 Å². The maximum atomic E-state index is 2.62. The highest BCUT2D eigenvalue weighted by Gasteiger charge is 2.56. The lowest BCUT2D eigenvalue weighted by Crippen LogP contribution is -2.30. The van der Waals surface area contributed by atoms with E-state index in [0.29, 0.717) is 10.8 Å². The number of hydrogen-bond acceptors (Lipinski definition) is 0. The summed E-state index contributed by atoms with van der Waals surface area (Å²) >= 11 is 0. The third-order valence-electron chi connectivity index (χ3n) is 5.47. The Hall–Kier alpha value is -0.260. The molecule has 2 aliphatic rings. The molecule has 2 atom stereocenters. The minimum Gasteiger partial charge on any atom is -0.0811 e. The summed E-state index contributed by atoms with van der Waals surface area (Å²) < 4.78 is 0. The summed E-state index contributed by atoms with van der Waals surface area (Å²) in [4.78, 5) is 0. The van der Waals surface area contributed by atoms with Gasteiger partial charge in [0.2, 0.25) is 0 Å². The van der Waals surface area contributed by atoms with Gasteiger partial charge in [-0.15, -0.1) is 0 Å². The maximum absolute atomic E-state index is 2.62. The van der Waals surface area contributed by atoms with Crippen LogP contribution in [0.4, 0.5) is 0 Å². The van der Waals surface area contributed by atoms with E-state index in [4.69, 9.17) is 0 Å². The maximum Gasteiger partial charge on any atom is -0.00593 e. The van der Waals surface area contributed by atoms with Gasteiger partial charge in [0.1, 0.15) is 0 Å². The molecule has 2 bridgehead atoms. The number of rotatable bonds is 4. The van der Waals surface area contributed by atoms with Crippen LogP contribution in [0.25, 0.3) is 0 Å². The molecule has 0 heteroatoms. The fourth-order valence-electron chi connectivity index (χ4n) is 3.75. The molecule has 0 aliphatic heterocycles. The van der Waals surface area contributed by atoms with Crippen LogP contribution in [0.15, 0.2) is 11.6 Å². The van der Waals surface area contributed by atoms with E-state index < -0.39 is 0 Å². The van der Waals surface area contributed by atoms with Crippen molar-refractivity contribution in [1.29, 1.82) is 0 Å². The first kappa shape index (κ1) is 11.2. The van der Waals surface area contributed by atoms with Crippen LogP contribution in [0.1, 0.15) is 66.2 Å². The molecule has 0 N–H and O–H groups in total. The van der Waals surface area contributed by atoms with Crippen molar-refractivity contribution in [1.82, 2.24) is 0 Å². The van der Waals surface area contributed by atoms with E-state index in [1.165, 1.54) is 38.5 Å². The fraction of sp³-hybridized carbons (Fsp3) is 0.867. The molecule has 2 aliphatic carbocycles. The molecule has 0 aromatic carbocycles. The van der Waals surface area contributed by atoms with E-state index >= 15 is 0 Å². The lowest BCUT2D eigenvalue weighted by Gasteiger charge is -2.37. The van der Waals surface area contributed by atoms with Crippen LogP contribution >= 0.6 is 0 Å². The Labute approximate surface area is 95.1 Å². The quantitative estimate of drug-likeness (QED) is 0.451. The topological polar surface area (TPSA) is 0 Å². The van der Waals surface area contributed by atoms with Gasteiger partial charge < -0.3 is 0 Å². The SMILES string of the molecule is CCCCCC1=CC2CCC1(C)C2(C)C. The van der Waals surface area contributed by atoms with Gasteiger partial charge in [-0.3, -0.25) is 0 Å². The zero-order valence-electron chi connectivity index (χ0n) is 10.9. The monoisotopic (exact) mass is 206 g/mol. The lowest BCUT2D eigenvalue weighted by atomic mass is 9.67. The third-order valence-corrected chi connectivity index (χ3v) is 5.47. The summed E-state index contributed by atoms with van der Waals surface area (Å²) in [5.41, 5.74) is 2.86. The van der Waals surface area contributed by atoms with E-state index in [1.807, 2.05) is 0 Å². The zero-order valence-corrected chi connectivity index (χ0v) is 10.9. The van der Waals surface area contributed by atoms with Crippen molar-refractivity contribution in [3.05, 3.63) is 11.6 Å². The Morgan fingerprint density at radius 2 is 2.00 bits per heavy atom. The summed E-state index contributed by atoms with van der Waals surface area (Å²) in [5, 5.41) is 0. The first-order chi connectivity index (χ1) is 7.02. The highest BCUT2D eigenvalue weighted by molar-refractivity contribution is 5.31. The summed E-state index contributed by atoms with van der Waals surface area (Å²) in [6.07, 6.45) is 11.0. The highest BCUT2D eigenvalue weighted by atomic mass is 14.6. The summed E-state index contributed by atoms with van der Waals surface area (Å²) in [6, 6.07) is 0. The normalized spacial score (nSPS) is 37.1. The number of allylic oxidation sites excluding steroid dienone is 2. The Kier molecular flexibility index (Phi) is 2.73. The standard InChI is InChI=1S/C15H26/c1-5-6-7-8-13-11-12-9-10-15(13,4)14(12,2)3/h11-12H,5-10H2,1-4H3. The highest BCUT2D eigenvalue weighted by Crippen LogP contribution is 2.65. The fourth-order valence-corrected chi connectivity index (χ4v) is 3.75. The van der Waals surface area contributed by atoms with Gasteiger partial charge in [0.25, 0.3) is 0 Å². The first-order valence-corrected chi connectivity index (χ1v) is 6.73. The van der Waals surface area contributed by atoms with Crippen molar-refractivity contribution in [2.45, 2.75) is 66.2 Å². The molecule has 0 heterocycles. The van der Waals surface area contributed by atoms with Crippen LogP contribution < -0.4 is 0 Å². The summed E-state index contributed by atoms with van der Waals surface area (Å²) in [7, 11) is 0. The van der Waals surface area contributed by atoms with Gasteiger partial charge in [-0.05, 0) is 42.4 Å². The smallest absolute Gasteiger partial charge is 0.00593 e. The minimum absolute atomic E-state index is 0.533. The van der Waals surface area contributed by atoms with Gasteiger partial charge in [0.05, 0.1) is 0 Å². The zero-order chi connectivity index (χ0) is 11.1. The van der Waals surface area contributed by atoms with Crippen LogP contribution in [0, 0.1) is 16.7 Å². The van der Waals surface area contributed by atoms with E-state index in [9.17, 15) is 0 Å². The van der Waals surface area contributed by atoms with E-state index in [-0.39, 0.29) is 0 Å². The summed E-state index contributed by atoms with van der Waals surface area (Å²) in [6.45, 7) is 9.76. The predicted molar refractivity (Wildman–Crippen MR) is 66.8 cm³/mol. The van der Waals surface area contributed by atoms with Crippen molar-refractivity contribution >= 4 is 0 Å². The largest absolute Gasteiger partial charge is 0.0811 e. The summed E-state index contributed by atoms with van der Waals surface area (Å²) in [5.74, 6) is 0.874. The molecule has 0 nitrogen and oxygen atoms in total. The van der Waals surface area contributed by atoms with Crippen molar-refractivity contribution in [3.63, 3.8) is 0 Å². The average Bonchev–Trinajstić information content (AvgIpc) is 2.51.